The molecule has 0 aliphatic carbocycles. The summed E-state index contributed by atoms with van der Waals surface area (Å²) in [5, 5.41) is 19.2. The van der Waals surface area contributed by atoms with Gasteiger partial charge >= 0.3 is 5.97 Å². The van der Waals surface area contributed by atoms with Crippen molar-refractivity contribution in [3.63, 3.8) is 0 Å². The van der Waals surface area contributed by atoms with E-state index in [1.54, 1.807) is 6.07 Å². The molecule has 1 aromatic heterocycles. The number of carboxylic acid groups (broad SMARTS) is 1. The van der Waals surface area contributed by atoms with Gasteiger partial charge in [-0.1, -0.05) is 0 Å². The van der Waals surface area contributed by atoms with Crippen LogP contribution in [0.4, 0.5) is 0 Å². The van der Waals surface area contributed by atoms with Crippen molar-refractivity contribution in [2.24, 2.45) is 0 Å². The van der Waals surface area contributed by atoms with Crippen molar-refractivity contribution >= 4 is 11.9 Å². The molecular formula is C10H9N3O4. The summed E-state index contributed by atoms with van der Waals surface area (Å²) in [5.74, 6) is -1.72. The van der Waals surface area contributed by atoms with Gasteiger partial charge in [0.25, 0.3) is 5.56 Å². The molecule has 0 atom stereocenters. The third-order valence-corrected chi connectivity index (χ3v) is 1.91. The zero-order chi connectivity index (χ0) is 12.8. The Labute approximate surface area is 95.9 Å². The first-order valence-electron chi connectivity index (χ1n) is 4.62. The van der Waals surface area contributed by atoms with Gasteiger partial charge in [-0.15, -0.1) is 0 Å². The number of aromatic carboxylic acids is 1. The average molecular weight is 235 g/mol. The molecule has 0 aromatic carbocycles. The summed E-state index contributed by atoms with van der Waals surface area (Å²) in [5.41, 5.74) is -0.570. The highest BCUT2D eigenvalue weighted by Gasteiger charge is 2.08. The van der Waals surface area contributed by atoms with E-state index in [0.717, 1.165) is 22.9 Å². The molecule has 17 heavy (non-hydrogen) atoms. The van der Waals surface area contributed by atoms with E-state index in [9.17, 15) is 14.4 Å². The van der Waals surface area contributed by atoms with Gasteiger partial charge in [-0.05, 0) is 6.07 Å². The van der Waals surface area contributed by atoms with Crippen LogP contribution in [0.15, 0.2) is 23.1 Å². The van der Waals surface area contributed by atoms with E-state index in [1.807, 2.05) is 0 Å². The van der Waals surface area contributed by atoms with Crippen LogP contribution in [0.2, 0.25) is 0 Å². The first-order valence-corrected chi connectivity index (χ1v) is 4.62. The predicted molar refractivity (Wildman–Crippen MR) is 56.3 cm³/mol. The molecule has 0 saturated carbocycles. The summed E-state index contributed by atoms with van der Waals surface area (Å²) < 4.78 is 0.968. The number of rotatable bonds is 4. The highest BCUT2D eigenvalue weighted by atomic mass is 16.4. The normalized spacial score (nSPS) is 9.35. The maximum atomic E-state index is 11.3. The summed E-state index contributed by atoms with van der Waals surface area (Å²) in [6.45, 7) is -0.478. The lowest BCUT2D eigenvalue weighted by Crippen LogP contribution is -2.32. The molecule has 0 aliphatic heterocycles. The van der Waals surface area contributed by atoms with Crippen molar-refractivity contribution in [1.82, 2.24) is 9.88 Å². The van der Waals surface area contributed by atoms with Crippen LogP contribution in [0.1, 0.15) is 10.4 Å². The Morgan fingerprint density at radius 3 is 2.76 bits per heavy atom. The molecule has 0 spiro atoms. The van der Waals surface area contributed by atoms with E-state index >= 15 is 0 Å². The van der Waals surface area contributed by atoms with Crippen LogP contribution in [0.5, 0.6) is 0 Å². The monoisotopic (exact) mass is 235 g/mol. The smallest absolute Gasteiger partial charge is 0.337 e. The van der Waals surface area contributed by atoms with Crippen LogP contribution >= 0.6 is 0 Å². The van der Waals surface area contributed by atoms with E-state index in [-0.39, 0.29) is 18.7 Å². The third kappa shape index (κ3) is 3.46. The van der Waals surface area contributed by atoms with Crippen molar-refractivity contribution in [1.29, 1.82) is 5.26 Å². The van der Waals surface area contributed by atoms with Crippen LogP contribution in [0.3, 0.4) is 0 Å². The lowest BCUT2D eigenvalue weighted by atomic mass is 10.3. The number of carboxylic acids is 1. The van der Waals surface area contributed by atoms with E-state index in [4.69, 9.17) is 10.4 Å². The average Bonchev–Trinajstić information content (AvgIpc) is 2.29. The molecule has 2 N–H and O–H groups in total. The first-order chi connectivity index (χ1) is 8.04. The van der Waals surface area contributed by atoms with E-state index in [1.165, 1.54) is 0 Å². The highest BCUT2D eigenvalue weighted by Crippen LogP contribution is 1.95. The Bertz CT molecular complexity index is 541. The van der Waals surface area contributed by atoms with Crippen LogP contribution in [0.25, 0.3) is 0 Å². The molecule has 0 aliphatic rings. The van der Waals surface area contributed by atoms with Crippen LogP contribution in [-0.2, 0) is 11.3 Å². The number of nitriles is 1. The Hall–Kier alpha value is -2.62. The molecule has 1 amide bonds. The van der Waals surface area contributed by atoms with Crippen molar-refractivity contribution in [2.45, 2.75) is 6.54 Å². The van der Waals surface area contributed by atoms with Gasteiger partial charge in [0.05, 0.1) is 11.6 Å². The van der Waals surface area contributed by atoms with Crippen molar-refractivity contribution in [3.8, 4) is 6.07 Å². The highest BCUT2D eigenvalue weighted by molar-refractivity contribution is 5.87. The number of aromatic nitrogens is 1. The predicted octanol–water partition coefficient (Wildman–Crippen LogP) is -0.814. The van der Waals surface area contributed by atoms with Gasteiger partial charge in [-0.25, -0.2) is 4.79 Å². The van der Waals surface area contributed by atoms with Gasteiger partial charge in [0.15, 0.2) is 0 Å². The summed E-state index contributed by atoms with van der Waals surface area (Å²) in [7, 11) is 0. The summed E-state index contributed by atoms with van der Waals surface area (Å²) in [6.07, 6.45) is 1.08. The fourth-order valence-corrected chi connectivity index (χ4v) is 1.13. The number of hydrogen-bond donors (Lipinski definition) is 2. The largest absolute Gasteiger partial charge is 0.478 e. The van der Waals surface area contributed by atoms with E-state index in [0.29, 0.717) is 0 Å². The second-order valence-electron chi connectivity index (χ2n) is 3.12. The molecule has 7 heteroatoms. The van der Waals surface area contributed by atoms with Crippen molar-refractivity contribution in [2.75, 3.05) is 6.54 Å². The maximum absolute atomic E-state index is 11.3. The lowest BCUT2D eigenvalue weighted by Gasteiger charge is -2.05. The Balaban J connectivity index is 2.87. The number of pyridine rings is 1. The SMILES string of the molecule is N#CCNC(=O)Cn1cc(C(=O)O)ccc1=O. The summed E-state index contributed by atoms with van der Waals surface area (Å²) in [6, 6.07) is 3.95. The fraction of sp³-hybridized carbons (Fsp3) is 0.200. The number of carbonyl (C=O) groups excluding carboxylic acids is 1. The number of nitrogens with zero attached hydrogens (tertiary/aromatic N) is 2. The number of carbonyl (C=O) groups is 2. The third-order valence-electron chi connectivity index (χ3n) is 1.91. The molecule has 0 fully saturated rings. The quantitative estimate of drug-likeness (QED) is 0.662. The van der Waals surface area contributed by atoms with Gasteiger partial charge in [0, 0.05) is 12.3 Å². The second-order valence-corrected chi connectivity index (χ2v) is 3.12. The first kappa shape index (κ1) is 12.4. The van der Waals surface area contributed by atoms with Crippen molar-refractivity contribution in [3.05, 3.63) is 34.2 Å². The minimum Gasteiger partial charge on any atom is -0.478 e. The van der Waals surface area contributed by atoms with Crippen LogP contribution < -0.4 is 10.9 Å². The van der Waals surface area contributed by atoms with Crippen LogP contribution in [0, 0.1) is 11.3 Å². The minimum atomic E-state index is -1.18. The van der Waals surface area contributed by atoms with Gasteiger partial charge in [-0.3, -0.25) is 9.59 Å². The molecule has 1 heterocycles. The molecule has 1 rings (SSSR count). The van der Waals surface area contributed by atoms with Crippen molar-refractivity contribution < 1.29 is 14.7 Å². The van der Waals surface area contributed by atoms with Gasteiger partial charge in [-0.2, -0.15) is 5.26 Å². The second kappa shape index (κ2) is 5.46. The molecular weight excluding hydrogens is 226 g/mol. The van der Waals surface area contributed by atoms with E-state index < -0.39 is 17.4 Å². The number of hydrogen-bond acceptors (Lipinski definition) is 4. The van der Waals surface area contributed by atoms with E-state index in [2.05, 4.69) is 5.32 Å². The fourth-order valence-electron chi connectivity index (χ4n) is 1.13. The van der Waals surface area contributed by atoms with Crippen LogP contribution in [-0.4, -0.2) is 28.1 Å². The summed E-state index contributed by atoms with van der Waals surface area (Å²) >= 11 is 0. The van der Waals surface area contributed by atoms with Gasteiger partial charge in [0.2, 0.25) is 5.91 Å². The molecule has 88 valence electrons. The Morgan fingerprint density at radius 2 is 2.18 bits per heavy atom. The Kier molecular flexibility index (Phi) is 4.00. The molecule has 0 bridgehead atoms. The number of nitrogens with one attached hydrogen (secondary N) is 1. The Morgan fingerprint density at radius 1 is 1.47 bits per heavy atom. The zero-order valence-corrected chi connectivity index (χ0v) is 8.71. The molecule has 0 saturated heterocycles. The summed E-state index contributed by atoms with van der Waals surface area (Å²) in [4.78, 5) is 33.2. The zero-order valence-electron chi connectivity index (χ0n) is 8.71. The molecule has 7 nitrogen and oxygen atoms in total. The molecule has 0 radical (unpaired) electrons. The molecule has 0 unspecified atom stereocenters. The number of amides is 1. The standard InChI is InChI=1S/C10H9N3O4/c11-3-4-12-8(14)6-13-5-7(10(16)17)1-2-9(13)15/h1-2,5H,4,6H2,(H,12,14)(H,16,17). The van der Waals surface area contributed by atoms with Gasteiger partial charge in [0.1, 0.15) is 13.1 Å². The lowest BCUT2D eigenvalue weighted by molar-refractivity contribution is -0.121. The maximum Gasteiger partial charge on any atom is 0.337 e. The topological polar surface area (TPSA) is 112 Å². The molecule has 1 aromatic rings. The van der Waals surface area contributed by atoms with Gasteiger partial charge < -0.3 is 15.0 Å². The minimum absolute atomic E-state index is 0.0855.